The zero-order valence-corrected chi connectivity index (χ0v) is 7.08. The van der Waals surface area contributed by atoms with Crippen LogP contribution >= 0.6 is 0 Å². The SMILES string of the molecule is O=C([O-])COn1nnc2ccccc21. The minimum Gasteiger partial charge on any atom is -0.546 e. The summed E-state index contributed by atoms with van der Waals surface area (Å²) in [5.74, 6) is -1.30. The van der Waals surface area contributed by atoms with Crippen molar-refractivity contribution in [3.8, 4) is 0 Å². The highest BCUT2D eigenvalue weighted by Gasteiger charge is 2.02. The number of fused-ring (bicyclic) bond motifs is 1. The molecule has 1 aromatic heterocycles. The van der Waals surface area contributed by atoms with Gasteiger partial charge in [0.2, 0.25) is 0 Å². The molecule has 0 aliphatic rings. The number of carboxylic acids is 1. The average molecular weight is 192 g/mol. The summed E-state index contributed by atoms with van der Waals surface area (Å²) < 4.78 is 0. The van der Waals surface area contributed by atoms with E-state index in [0.717, 1.165) is 4.85 Å². The van der Waals surface area contributed by atoms with Crippen molar-refractivity contribution in [2.45, 2.75) is 0 Å². The van der Waals surface area contributed by atoms with Crippen LogP contribution in [0.3, 0.4) is 0 Å². The zero-order chi connectivity index (χ0) is 9.97. The normalized spacial score (nSPS) is 10.3. The molecule has 0 saturated heterocycles. The first-order valence-electron chi connectivity index (χ1n) is 3.91. The fourth-order valence-corrected chi connectivity index (χ4v) is 1.06. The van der Waals surface area contributed by atoms with E-state index in [1.54, 1.807) is 24.3 Å². The van der Waals surface area contributed by atoms with E-state index in [1.807, 2.05) is 0 Å². The molecule has 2 rings (SSSR count). The van der Waals surface area contributed by atoms with Gasteiger partial charge in [-0.25, -0.2) is 0 Å². The van der Waals surface area contributed by atoms with E-state index in [-0.39, 0.29) is 0 Å². The van der Waals surface area contributed by atoms with Crippen LogP contribution in [0.1, 0.15) is 0 Å². The molecule has 0 atom stereocenters. The number of carbonyl (C=O) groups is 1. The van der Waals surface area contributed by atoms with Gasteiger partial charge in [0.1, 0.15) is 11.0 Å². The minimum atomic E-state index is -1.30. The maximum Gasteiger partial charge on any atom is 0.156 e. The van der Waals surface area contributed by atoms with Gasteiger partial charge >= 0.3 is 0 Å². The van der Waals surface area contributed by atoms with Crippen LogP contribution in [-0.4, -0.2) is 27.7 Å². The van der Waals surface area contributed by atoms with Gasteiger partial charge in [-0.15, -0.1) is 5.10 Å². The number of carbonyl (C=O) groups excluding carboxylic acids is 1. The number of hydrogen-bond donors (Lipinski definition) is 0. The van der Waals surface area contributed by atoms with Gasteiger partial charge in [0.25, 0.3) is 0 Å². The Kier molecular flexibility index (Phi) is 2.02. The second kappa shape index (κ2) is 3.33. The molecule has 2 aromatic rings. The third-order valence-electron chi connectivity index (χ3n) is 1.63. The maximum atomic E-state index is 10.1. The van der Waals surface area contributed by atoms with Gasteiger partial charge in [-0.05, 0) is 17.3 Å². The largest absolute Gasteiger partial charge is 0.546 e. The lowest BCUT2D eigenvalue weighted by Gasteiger charge is -2.04. The van der Waals surface area contributed by atoms with Crippen molar-refractivity contribution in [1.29, 1.82) is 0 Å². The standard InChI is InChI=1S/C8H7N3O3/c12-8(13)5-14-11-7-4-2-1-3-6(7)9-10-11/h1-4H,5H2,(H,12,13)/p-1. The highest BCUT2D eigenvalue weighted by molar-refractivity contribution is 5.73. The Bertz CT molecular complexity index is 466. The van der Waals surface area contributed by atoms with Crippen molar-refractivity contribution < 1.29 is 14.7 Å². The molecule has 72 valence electrons. The van der Waals surface area contributed by atoms with Crippen molar-refractivity contribution in [2.75, 3.05) is 6.61 Å². The molecule has 6 heteroatoms. The molecule has 1 aromatic carbocycles. The molecule has 0 amide bonds. The van der Waals surface area contributed by atoms with Gasteiger partial charge in [-0.2, -0.15) is 0 Å². The predicted molar refractivity (Wildman–Crippen MR) is 44.0 cm³/mol. The van der Waals surface area contributed by atoms with Crippen LogP contribution in [0.2, 0.25) is 0 Å². The van der Waals surface area contributed by atoms with E-state index in [4.69, 9.17) is 4.84 Å². The molecule has 0 fully saturated rings. The van der Waals surface area contributed by atoms with Gasteiger partial charge in [0.05, 0.1) is 5.97 Å². The second-order valence-electron chi connectivity index (χ2n) is 2.60. The first kappa shape index (κ1) is 8.49. The Hall–Kier alpha value is -2.11. The molecule has 0 N–H and O–H groups in total. The van der Waals surface area contributed by atoms with E-state index in [9.17, 15) is 9.90 Å². The third-order valence-corrected chi connectivity index (χ3v) is 1.63. The number of carboxylic acid groups (broad SMARTS) is 1. The summed E-state index contributed by atoms with van der Waals surface area (Å²) in [6.07, 6.45) is 0. The molecular weight excluding hydrogens is 186 g/mol. The highest BCUT2D eigenvalue weighted by Crippen LogP contribution is 2.07. The van der Waals surface area contributed by atoms with E-state index in [2.05, 4.69) is 10.3 Å². The van der Waals surface area contributed by atoms with Crippen LogP contribution in [0.25, 0.3) is 11.0 Å². The number of aliphatic carboxylic acids is 1. The molecule has 0 aliphatic heterocycles. The van der Waals surface area contributed by atoms with Crippen LogP contribution in [-0.2, 0) is 4.79 Å². The lowest BCUT2D eigenvalue weighted by molar-refractivity contribution is -0.309. The average Bonchev–Trinajstić information content (AvgIpc) is 2.58. The summed E-state index contributed by atoms with van der Waals surface area (Å²) >= 11 is 0. The van der Waals surface area contributed by atoms with Gasteiger partial charge in [0.15, 0.2) is 6.61 Å². The quantitative estimate of drug-likeness (QED) is 0.598. The smallest absolute Gasteiger partial charge is 0.156 e. The number of para-hydroxylation sites is 1. The fourth-order valence-electron chi connectivity index (χ4n) is 1.06. The number of hydrogen-bond acceptors (Lipinski definition) is 5. The Balaban J connectivity index is 2.29. The van der Waals surface area contributed by atoms with E-state index in [0.29, 0.717) is 11.0 Å². The van der Waals surface area contributed by atoms with Crippen molar-refractivity contribution >= 4 is 17.0 Å². The van der Waals surface area contributed by atoms with E-state index < -0.39 is 12.6 Å². The van der Waals surface area contributed by atoms with Gasteiger partial charge in [-0.1, -0.05) is 17.0 Å². The van der Waals surface area contributed by atoms with Crippen molar-refractivity contribution in [1.82, 2.24) is 15.2 Å². The Morgan fingerprint density at radius 3 is 3.07 bits per heavy atom. The van der Waals surface area contributed by atoms with Crippen LogP contribution in [0.4, 0.5) is 0 Å². The molecule has 0 radical (unpaired) electrons. The third kappa shape index (κ3) is 1.49. The summed E-state index contributed by atoms with van der Waals surface area (Å²) in [5.41, 5.74) is 1.26. The van der Waals surface area contributed by atoms with Crippen molar-refractivity contribution in [3.05, 3.63) is 24.3 Å². The molecule has 0 bridgehead atoms. The Labute approximate surface area is 78.7 Å². The zero-order valence-electron chi connectivity index (χ0n) is 7.08. The first-order valence-corrected chi connectivity index (χ1v) is 3.91. The Morgan fingerprint density at radius 1 is 1.50 bits per heavy atom. The van der Waals surface area contributed by atoms with Crippen molar-refractivity contribution in [2.24, 2.45) is 0 Å². The predicted octanol–water partition coefficient (Wildman–Crippen LogP) is -1.39. The molecule has 14 heavy (non-hydrogen) atoms. The number of aromatic nitrogens is 3. The second-order valence-corrected chi connectivity index (χ2v) is 2.60. The monoisotopic (exact) mass is 192 g/mol. The van der Waals surface area contributed by atoms with Crippen LogP contribution in [0, 0.1) is 0 Å². The summed E-state index contributed by atoms with van der Waals surface area (Å²) in [4.78, 5) is 16.0. The lowest BCUT2D eigenvalue weighted by Crippen LogP contribution is -2.32. The Morgan fingerprint density at radius 2 is 2.29 bits per heavy atom. The summed E-state index contributed by atoms with van der Waals surface area (Å²) in [7, 11) is 0. The van der Waals surface area contributed by atoms with Gasteiger partial charge in [-0.3, -0.25) is 0 Å². The molecular formula is C8H6N3O3-. The minimum absolute atomic E-state index is 0.548. The number of benzene rings is 1. The van der Waals surface area contributed by atoms with E-state index in [1.165, 1.54) is 0 Å². The molecule has 0 spiro atoms. The number of rotatable bonds is 3. The van der Waals surface area contributed by atoms with Crippen LogP contribution in [0.5, 0.6) is 0 Å². The molecule has 6 nitrogen and oxygen atoms in total. The molecule has 0 aliphatic carbocycles. The highest BCUT2D eigenvalue weighted by atomic mass is 16.7. The van der Waals surface area contributed by atoms with Crippen molar-refractivity contribution in [3.63, 3.8) is 0 Å². The topological polar surface area (TPSA) is 80.1 Å². The van der Waals surface area contributed by atoms with Crippen LogP contribution in [0.15, 0.2) is 24.3 Å². The molecule has 1 heterocycles. The summed E-state index contributed by atoms with van der Waals surface area (Å²) in [6, 6.07) is 7.07. The van der Waals surface area contributed by atoms with Crippen LogP contribution < -0.4 is 9.94 Å². The van der Waals surface area contributed by atoms with Gasteiger partial charge < -0.3 is 14.7 Å². The van der Waals surface area contributed by atoms with E-state index >= 15 is 0 Å². The fraction of sp³-hybridized carbons (Fsp3) is 0.125. The summed E-state index contributed by atoms with van der Waals surface area (Å²) in [5, 5.41) is 17.5. The maximum absolute atomic E-state index is 10.1. The lowest BCUT2D eigenvalue weighted by atomic mass is 10.3. The number of nitrogens with zero attached hydrogens (tertiary/aromatic N) is 3. The van der Waals surface area contributed by atoms with Gasteiger partial charge in [0, 0.05) is 0 Å². The summed E-state index contributed by atoms with van der Waals surface area (Å²) in [6.45, 7) is -0.548. The molecule has 0 saturated carbocycles. The first-order chi connectivity index (χ1) is 6.77. The molecule has 0 unspecified atom stereocenters.